The van der Waals surface area contributed by atoms with Crippen molar-refractivity contribution in [2.24, 2.45) is 10.9 Å². The first kappa shape index (κ1) is 21.6. The van der Waals surface area contributed by atoms with Crippen molar-refractivity contribution in [1.29, 1.82) is 0 Å². The number of carbonyl (C=O) groups excluding carboxylic acids is 1. The Morgan fingerprint density at radius 3 is 2.68 bits per heavy atom. The lowest BCUT2D eigenvalue weighted by Crippen LogP contribution is -2.48. The molecule has 1 aromatic carbocycles. The van der Waals surface area contributed by atoms with E-state index in [0.717, 1.165) is 31.5 Å². The van der Waals surface area contributed by atoms with E-state index in [0.29, 0.717) is 24.7 Å². The molecule has 1 aliphatic heterocycles. The number of rotatable bonds is 3. The molecule has 0 aliphatic carbocycles. The summed E-state index contributed by atoms with van der Waals surface area (Å²) in [6.07, 6.45) is -2.70. The van der Waals surface area contributed by atoms with Crippen molar-refractivity contribution in [2.45, 2.75) is 25.9 Å². The van der Waals surface area contributed by atoms with Gasteiger partial charge in [0.2, 0.25) is 0 Å². The van der Waals surface area contributed by atoms with Gasteiger partial charge in [-0.3, -0.25) is 9.79 Å². The highest BCUT2D eigenvalue weighted by atomic mass is 19.4. The smallest absolute Gasteiger partial charge is 0.416 e. The fraction of sp³-hybridized carbons (Fsp3) is 0.500. The average molecular weight is 395 g/mol. The van der Waals surface area contributed by atoms with Crippen LogP contribution in [0.15, 0.2) is 29.3 Å². The van der Waals surface area contributed by atoms with Gasteiger partial charge in [-0.2, -0.15) is 13.2 Å². The van der Waals surface area contributed by atoms with Crippen molar-refractivity contribution in [1.82, 2.24) is 10.2 Å². The molecule has 0 unspecified atom stereocenters. The molecule has 0 spiro atoms. The van der Waals surface area contributed by atoms with E-state index in [9.17, 15) is 18.0 Å². The Labute approximate surface area is 163 Å². The number of hydrogen-bond acceptors (Lipinski definition) is 3. The molecule has 28 heavy (non-hydrogen) atoms. The second kappa shape index (κ2) is 10.0. The number of benzene rings is 1. The third-order valence-corrected chi connectivity index (χ3v) is 4.33. The molecule has 1 aromatic rings. The van der Waals surface area contributed by atoms with Crippen molar-refractivity contribution in [3.63, 3.8) is 0 Å². The first-order valence-electron chi connectivity index (χ1n) is 9.13. The van der Waals surface area contributed by atoms with E-state index in [1.807, 2.05) is 4.90 Å². The van der Waals surface area contributed by atoms with Gasteiger partial charge in [0, 0.05) is 25.7 Å². The van der Waals surface area contributed by atoms with E-state index in [2.05, 4.69) is 22.2 Å². The van der Waals surface area contributed by atoms with Crippen molar-refractivity contribution in [3.05, 3.63) is 35.4 Å². The van der Waals surface area contributed by atoms with Gasteiger partial charge >= 0.3 is 12.1 Å². The third-order valence-electron chi connectivity index (χ3n) is 4.33. The number of hydrogen-bond donors (Lipinski definition) is 1. The zero-order valence-corrected chi connectivity index (χ0v) is 16.0. The maximum absolute atomic E-state index is 12.6. The lowest BCUT2D eigenvalue weighted by molar-refractivity contribution is -0.149. The van der Waals surface area contributed by atoms with Gasteiger partial charge in [-0.15, -0.1) is 0 Å². The van der Waals surface area contributed by atoms with Crippen LogP contribution in [0.2, 0.25) is 0 Å². The zero-order valence-electron chi connectivity index (χ0n) is 16.0. The van der Waals surface area contributed by atoms with Gasteiger partial charge < -0.3 is 15.0 Å². The van der Waals surface area contributed by atoms with Gasteiger partial charge in [0.15, 0.2) is 5.96 Å². The molecular weight excluding hydrogens is 371 g/mol. The van der Waals surface area contributed by atoms with Crippen molar-refractivity contribution in [3.8, 4) is 11.8 Å². The Bertz CT molecular complexity index is 749. The molecule has 2 rings (SSSR count). The summed E-state index contributed by atoms with van der Waals surface area (Å²) >= 11 is 0. The highest BCUT2D eigenvalue weighted by Gasteiger charge is 2.30. The molecule has 0 aromatic heterocycles. The van der Waals surface area contributed by atoms with Gasteiger partial charge in [0.05, 0.1) is 24.6 Å². The number of carbonyl (C=O) groups is 1. The van der Waals surface area contributed by atoms with Crippen LogP contribution in [-0.4, -0.2) is 50.1 Å². The Morgan fingerprint density at radius 2 is 2.07 bits per heavy atom. The van der Waals surface area contributed by atoms with E-state index >= 15 is 0 Å². The van der Waals surface area contributed by atoms with Gasteiger partial charge in [-0.05, 0) is 44.0 Å². The molecular formula is C20H24F3N3O2. The Balaban J connectivity index is 1.89. The maximum Gasteiger partial charge on any atom is 0.416 e. The van der Waals surface area contributed by atoms with Gasteiger partial charge in [0.25, 0.3) is 0 Å². The molecule has 152 valence electrons. The molecule has 1 fully saturated rings. The summed E-state index contributed by atoms with van der Waals surface area (Å²) in [7, 11) is 1.65. The SMILES string of the molecule is CCOC(=O)[C@@H]1CCCN(C(=NC)NCC#Cc2ccc(C(F)(F)F)cc2)C1. The summed E-state index contributed by atoms with van der Waals surface area (Å²) in [6, 6.07) is 4.72. The molecule has 8 heteroatoms. The molecule has 1 saturated heterocycles. The molecule has 1 heterocycles. The fourth-order valence-electron chi connectivity index (χ4n) is 2.97. The first-order valence-corrected chi connectivity index (χ1v) is 9.13. The molecule has 5 nitrogen and oxygen atoms in total. The summed E-state index contributed by atoms with van der Waals surface area (Å²) in [5.41, 5.74) is -0.192. The van der Waals surface area contributed by atoms with Crippen molar-refractivity contribution in [2.75, 3.05) is 33.3 Å². The number of ether oxygens (including phenoxy) is 1. The Kier molecular flexibility index (Phi) is 7.73. The molecule has 1 atom stereocenters. The first-order chi connectivity index (χ1) is 13.3. The standard InChI is InChI=1S/C20H24F3N3O2/c1-3-28-18(27)16-7-5-13-26(14-16)19(24-2)25-12-4-6-15-8-10-17(11-9-15)20(21,22)23/h8-11,16H,3,5,7,12-14H2,1-2H3,(H,24,25)/t16-/m1/s1. The minimum atomic E-state index is -4.35. The predicted octanol–water partition coefficient (Wildman–Crippen LogP) is 2.91. The van der Waals surface area contributed by atoms with Crippen molar-refractivity contribution >= 4 is 11.9 Å². The monoisotopic (exact) mass is 395 g/mol. The summed E-state index contributed by atoms with van der Waals surface area (Å²) in [5, 5.41) is 3.11. The van der Waals surface area contributed by atoms with Gasteiger partial charge in [0.1, 0.15) is 0 Å². The zero-order chi connectivity index (χ0) is 20.6. The van der Waals surface area contributed by atoms with Crippen LogP contribution in [0.1, 0.15) is 30.9 Å². The maximum atomic E-state index is 12.6. The quantitative estimate of drug-likeness (QED) is 0.370. The third kappa shape index (κ3) is 6.19. The van der Waals surface area contributed by atoms with Crippen LogP contribution in [0.4, 0.5) is 13.2 Å². The number of likely N-dealkylation sites (tertiary alicyclic amines) is 1. The molecule has 0 saturated carbocycles. The number of halogens is 3. The predicted molar refractivity (Wildman–Crippen MR) is 101 cm³/mol. The summed E-state index contributed by atoms with van der Waals surface area (Å²) in [5.74, 6) is 5.97. The van der Waals surface area contributed by atoms with E-state index < -0.39 is 11.7 Å². The number of aliphatic imine (C=N–C) groups is 1. The van der Waals surface area contributed by atoms with E-state index in [4.69, 9.17) is 4.74 Å². The highest BCUT2D eigenvalue weighted by molar-refractivity contribution is 5.81. The van der Waals surface area contributed by atoms with Crippen LogP contribution >= 0.6 is 0 Å². The number of alkyl halides is 3. The molecule has 0 radical (unpaired) electrons. The minimum absolute atomic E-state index is 0.175. The number of piperidine rings is 1. The molecule has 1 aliphatic rings. The number of nitrogens with one attached hydrogen (secondary N) is 1. The Morgan fingerprint density at radius 1 is 1.36 bits per heavy atom. The number of guanidine groups is 1. The lowest BCUT2D eigenvalue weighted by atomic mass is 9.98. The average Bonchev–Trinajstić information content (AvgIpc) is 2.68. The minimum Gasteiger partial charge on any atom is -0.466 e. The fourth-order valence-corrected chi connectivity index (χ4v) is 2.97. The van der Waals surface area contributed by atoms with Crippen LogP contribution in [0.25, 0.3) is 0 Å². The van der Waals surface area contributed by atoms with Gasteiger partial charge in [-0.25, -0.2) is 0 Å². The summed E-state index contributed by atoms with van der Waals surface area (Å²) in [6.45, 7) is 3.75. The van der Waals surface area contributed by atoms with Crippen LogP contribution in [0, 0.1) is 17.8 Å². The van der Waals surface area contributed by atoms with Crippen LogP contribution in [-0.2, 0) is 15.7 Å². The normalized spacial score (nSPS) is 17.5. The topological polar surface area (TPSA) is 53.9 Å². The van der Waals surface area contributed by atoms with Crippen LogP contribution in [0.5, 0.6) is 0 Å². The largest absolute Gasteiger partial charge is 0.466 e. The van der Waals surface area contributed by atoms with Gasteiger partial charge in [-0.1, -0.05) is 11.8 Å². The lowest BCUT2D eigenvalue weighted by Gasteiger charge is -2.33. The van der Waals surface area contributed by atoms with Crippen LogP contribution in [0.3, 0.4) is 0 Å². The Hall–Kier alpha value is -2.69. The molecule has 0 amide bonds. The number of esters is 1. The van der Waals surface area contributed by atoms with Crippen molar-refractivity contribution < 1.29 is 22.7 Å². The van der Waals surface area contributed by atoms with E-state index in [1.165, 1.54) is 12.1 Å². The second-order valence-corrected chi connectivity index (χ2v) is 6.31. The number of nitrogens with zero attached hydrogens (tertiary/aromatic N) is 2. The second-order valence-electron chi connectivity index (χ2n) is 6.31. The van der Waals surface area contributed by atoms with E-state index in [-0.39, 0.29) is 18.4 Å². The summed E-state index contributed by atoms with van der Waals surface area (Å²) < 4.78 is 42.8. The summed E-state index contributed by atoms with van der Waals surface area (Å²) in [4.78, 5) is 18.2. The van der Waals surface area contributed by atoms with E-state index in [1.54, 1.807) is 14.0 Å². The molecule has 1 N–H and O–H groups in total. The highest BCUT2D eigenvalue weighted by Crippen LogP contribution is 2.28. The molecule has 0 bridgehead atoms. The van der Waals surface area contributed by atoms with Crippen LogP contribution < -0.4 is 5.32 Å².